The molecule has 0 aliphatic heterocycles. The number of carbonyl (C=O) groups is 1. The molecule has 7 heteroatoms. The molecule has 0 aromatic heterocycles. The first-order valence-corrected chi connectivity index (χ1v) is 8.82. The molecule has 2 rings (SSSR count). The minimum Gasteiger partial charge on any atom is -0.482 e. The van der Waals surface area contributed by atoms with Gasteiger partial charge in [0.2, 0.25) is 0 Å². The molecule has 0 aliphatic carbocycles. The number of carboxylic acid groups (broad SMARTS) is 1. The van der Waals surface area contributed by atoms with Crippen LogP contribution in [0.4, 0.5) is 0 Å². The number of halogens is 1. The Morgan fingerprint density at radius 3 is 2.39 bits per heavy atom. The van der Waals surface area contributed by atoms with Gasteiger partial charge in [0.25, 0.3) is 0 Å². The lowest BCUT2D eigenvalue weighted by atomic mass is 10.1. The summed E-state index contributed by atoms with van der Waals surface area (Å²) < 4.78 is 29.8. The molecule has 0 unspecified atom stereocenters. The van der Waals surface area contributed by atoms with Crippen LogP contribution in [-0.2, 0) is 21.1 Å². The van der Waals surface area contributed by atoms with E-state index in [9.17, 15) is 13.2 Å². The van der Waals surface area contributed by atoms with E-state index >= 15 is 0 Å². The number of ether oxygens (including phenoxy) is 1. The van der Waals surface area contributed by atoms with E-state index in [0.717, 1.165) is 0 Å². The molecule has 0 saturated carbocycles. The van der Waals surface area contributed by atoms with Crippen LogP contribution in [0.2, 0.25) is 5.02 Å². The van der Waals surface area contributed by atoms with Crippen molar-refractivity contribution in [2.45, 2.75) is 11.3 Å². The summed E-state index contributed by atoms with van der Waals surface area (Å²) in [5.74, 6) is -0.822. The van der Waals surface area contributed by atoms with E-state index < -0.39 is 22.4 Å². The largest absolute Gasteiger partial charge is 0.482 e. The number of aryl methyl sites for hydroxylation is 1. The van der Waals surface area contributed by atoms with Crippen molar-refractivity contribution in [2.75, 3.05) is 12.4 Å². The maximum absolute atomic E-state index is 12.3. The first-order valence-electron chi connectivity index (χ1n) is 6.79. The predicted octanol–water partition coefficient (Wildman–Crippen LogP) is 2.82. The highest BCUT2D eigenvalue weighted by Crippen LogP contribution is 2.21. The van der Waals surface area contributed by atoms with Gasteiger partial charge in [0.15, 0.2) is 16.4 Å². The number of sulfone groups is 1. The average molecular weight is 355 g/mol. The number of para-hydroxylation sites is 1. The lowest BCUT2D eigenvalue weighted by Gasteiger charge is -2.10. The lowest BCUT2D eigenvalue weighted by molar-refractivity contribution is -0.139. The standard InChI is InChI=1S/C16H15ClO5S/c17-13-5-7-14(8-6-13)23(20,21)10-9-12-3-1-2-4-15(12)22-11-16(18)19/h1-8H,9-11H2,(H,18,19). The number of benzene rings is 2. The highest BCUT2D eigenvalue weighted by molar-refractivity contribution is 7.91. The summed E-state index contributed by atoms with van der Waals surface area (Å²) >= 11 is 5.76. The van der Waals surface area contributed by atoms with Crippen molar-refractivity contribution < 1.29 is 23.1 Å². The van der Waals surface area contributed by atoms with Gasteiger partial charge in [-0.15, -0.1) is 0 Å². The van der Waals surface area contributed by atoms with Crippen LogP contribution < -0.4 is 4.74 Å². The second-order valence-corrected chi connectivity index (χ2v) is 7.36. The Morgan fingerprint density at radius 1 is 1.09 bits per heavy atom. The molecule has 2 aromatic rings. The van der Waals surface area contributed by atoms with Crippen molar-refractivity contribution in [1.82, 2.24) is 0 Å². The van der Waals surface area contributed by atoms with Gasteiger partial charge in [-0.25, -0.2) is 13.2 Å². The maximum atomic E-state index is 12.3. The summed E-state index contributed by atoms with van der Waals surface area (Å²) in [6.45, 7) is -0.471. The third kappa shape index (κ3) is 4.97. The zero-order chi connectivity index (χ0) is 16.9. The Labute approximate surface area is 139 Å². The Hall–Kier alpha value is -2.05. The maximum Gasteiger partial charge on any atom is 0.341 e. The molecule has 0 bridgehead atoms. The Bertz CT molecular complexity index is 784. The van der Waals surface area contributed by atoms with Gasteiger partial charge in [0, 0.05) is 5.02 Å². The van der Waals surface area contributed by atoms with Gasteiger partial charge < -0.3 is 9.84 Å². The SMILES string of the molecule is O=C(O)COc1ccccc1CCS(=O)(=O)c1ccc(Cl)cc1. The molecule has 0 spiro atoms. The van der Waals surface area contributed by atoms with Crippen molar-refractivity contribution in [1.29, 1.82) is 0 Å². The van der Waals surface area contributed by atoms with Crippen molar-refractivity contribution in [3.05, 3.63) is 59.1 Å². The molecule has 2 aromatic carbocycles. The highest BCUT2D eigenvalue weighted by Gasteiger charge is 2.16. The fourth-order valence-electron chi connectivity index (χ4n) is 1.99. The van der Waals surface area contributed by atoms with Crippen molar-refractivity contribution in [3.8, 4) is 5.75 Å². The smallest absolute Gasteiger partial charge is 0.341 e. The Kier molecular flexibility index (Phi) is 5.63. The Balaban J connectivity index is 2.11. The van der Waals surface area contributed by atoms with Crippen LogP contribution in [0.25, 0.3) is 0 Å². The first kappa shape index (κ1) is 17.3. The third-order valence-corrected chi connectivity index (χ3v) is 5.12. The van der Waals surface area contributed by atoms with E-state index in [4.69, 9.17) is 21.4 Å². The number of rotatable bonds is 7. The molecule has 0 amide bonds. The molecular weight excluding hydrogens is 340 g/mol. The van der Waals surface area contributed by atoms with Gasteiger partial charge in [-0.05, 0) is 42.3 Å². The zero-order valence-electron chi connectivity index (χ0n) is 12.1. The summed E-state index contributed by atoms with van der Waals surface area (Å²) in [7, 11) is -3.45. The molecule has 0 saturated heterocycles. The minimum atomic E-state index is -3.45. The molecule has 23 heavy (non-hydrogen) atoms. The van der Waals surface area contributed by atoms with Gasteiger partial charge in [0.05, 0.1) is 10.6 Å². The fourth-order valence-corrected chi connectivity index (χ4v) is 3.40. The molecular formula is C16H15ClO5S. The van der Waals surface area contributed by atoms with E-state index in [1.54, 1.807) is 24.3 Å². The predicted molar refractivity (Wildman–Crippen MR) is 86.8 cm³/mol. The van der Waals surface area contributed by atoms with Crippen LogP contribution in [0.5, 0.6) is 5.75 Å². The molecule has 0 aliphatic rings. The average Bonchev–Trinajstić information content (AvgIpc) is 2.52. The van der Waals surface area contributed by atoms with Crippen LogP contribution in [0.1, 0.15) is 5.56 Å². The van der Waals surface area contributed by atoms with Crippen LogP contribution in [0, 0.1) is 0 Å². The Morgan fingerprint density at radius 2 is 1.74 bits per heavy atom. The van der Waals surface area contributed by atoms with Gasteiger partial charge in [-0.1, -0.05) is 29.8 Å². The van der Waals surface area contributed by atoms with E-state index in [1.165, 1.54) is 24.3 Å². The van der Waals surface area contributed by atoms with Crippen molar-refractivity contribution in [2.24, 2.45) is 0 Å². The zero-order valence-corrected chi connectivity index (χ0v) is 13.7. The lowest BCUT2D eigenvalue weighted by Crippen LogP contribution is -2.13. The highest BCUT2D eigenvalue weighted by atomic mass is 35.5. The van der Waals surface area contributed by atoms with Gasteiger partial charge >= 0.3 is 5.97 Å². The normalized spacial score (nSPS) is 11.2. The fraction of sp³-hybridized carbons (Fsp3) is 0.188. The summed E-state index contributed by atoms with van der Waals surface area (Å²) in [6.07, 6.45) is 0.223. The quantitative estimate of drug-likeness (QED) is 0.826. The first-order chi connectivity index (χ1) is 10.9. The molecule has 0 heterocycles. The minimum absolute atomic E-state index is 0.109. The molecule has 5 nitrogen and oxygen atoms in total. The van der Waals surface area contributed by atoms with Crippen molar-refractivity contribution in [3.63, 3.8) is 0 Å². The van der Waals surface area contributed by atoms with Crippen molar-refractivity contribution >= 4 is 27.4 Å². The molecule has 1 N–H and O–H groups in total. The van der Waals surface area contributed by atoms with Gasteiger partial charge in [0.1, 0.15) is 5.75 Å². The van der Waals surface area contributed by atoms with Crippen LogP contribution >= 0.6 is 11.6 Å². The monoisotopic (exact) mass is 354 g/mol. The number of carboxylic acids is 1. The summed E-state index contributed by atoms with van der Waals surface area (Å²) in [4.78, 5) is 10.8. The van der Waals surface area contributed by atoms with Gasteiger partial charge in [-0.3, -0.25) is 0 Å². The molecule has 0 radical (unpaired) electrons. The van der Waals surface area contributed by atoms with E-state index in [1.807, 2.05) is 0 Å². The van der Waals surface area contributed by atoms with Gasteiger partial charge in [-0.2, -0.15) is 0 Å². The number of hydrogen-bond donors (Lipinski definition) is 1. The van der Waals surface area contributed by atoms with E-state index in [2.05, 4.69) is 0 Å². The third-order valence-electron chi connectivity index (χ3n) is 3.14. The number of hydrogen-bond acceptors (Lipinski definition) is 4. The second kappa shape index (κ2) is 7.48. The number of aliphatic carboxylic acids is 1. The van der Waals surface area contributed by atoms with E-state index in [0.29, 0.717) is 16.3 Å². The summed E-state index contributed by atoms with van der Waals surface area (Å²) in [6, 6.07) is 12.8. The van der Waals surface area contributed by atoms with E-state index in [-0.39, 0.29) is 17.1 Å². The van der Waals surface area contributed by atoms with Crippen LogP contribution in [0.15, 0.2) is 53.4 Å². The molecule has 0 fully saturated rings. The topological polar surface area (TPSA) is 80.7 Å². The van der Waals surface area contributed by atoms with Crippen LogP contribution in [0.3, 0.4) is 0 Å². The summed E-state index contributed by atoms with van der Waals surface area (Å²) in [5.41, 5.74) is 0.645. The summed E-state index contributed by atoms with van der Waals surface area (Å²) in [5, 5.41) is 9.13. The molecule has 122 valence electrons. The molecule has 0 atom stereocenters. The second-order valence-electron chi connectivity index (χ2n) is 4.81. The van der Waals surface area contributed by atoms with Crippen LogP contribution in [-0.4, -0.2) is 31.9 Å².